The third kappa shape index (κ3) is 11.9. The predicted molar refractivity (Wildman–Crippen MR) is 104 cm³/mol. The first-order valence-electron chi connectivity index (χ1n) is 7.50. The number of benzene rings is 1. The second-order valence-electron chi connectivity index (χ2n) is 5.31. The number of hydrogen-bond acceptors (Lipinski definition) is 6. The van der Waals surface area contributed by atoms with Crippen molar-refractivity contribution >= 4 is 44.5 Å². The first-order valence-corrected chi connectivity index (χ1v) is 12.1. The Labute approximate surface area is 165 Å². The van der Waals surface area contributed by atoms with Crippen molar-refractivity contribution in [2.45, 2.75) is 34.9 Å². The van der Waals surface area contributed by atoms with Crippen LogP contribution in [0.3, 0.4) is 0 Å². The van der Waals surface area contributed by atoms with Gasteiger partial charge in [-0.2, -0.15) is 0 Å². The van der Waals surface area contributed by atoms with Gasteiger partial charge in [0.1, 0.15) is 6.04 Å². The van der Waals surface area contributed by atoms with Crippen LogP contribution in [0.4, 0.5) is 0 Å². The van der Waals surface area contributed by atoms with Crippen LogP contribution < -0.4 is 11.5 Å². The molecular formula is C13H23ClN2O8P2S. The Morgan fingerprint density at radius 1 is 1.07 bits per heavy atom. The number of rotatable bonds is 9. The number of thioether (sulfide) groups is 1. The van der Waals surface area contributed by atoms with Gasteiger partial charge in [-0.15, -0.1) is 0 Å². The highest BCUT2D eigenvalue weighted by molar-refractivity contribution is 8.12. The van der Waals surface area contributed by atoms with Crippen LogP contribution in [0.25, 0.3) is 0 Å². The molecule has 0 aliphatic carbocycles. The lowest BCUT2D eigenvalue weighted by molar-refractivity contribution is -0.138. The van der Waals surface area contributed by atoms with E-state index in [0.29, 0.717) is 34.6 Å². The van der Waals surface area contributed by atoms with Crippen molar-refractivity contribution in [3.63, 3.8) is 0 Å². The molecule has 0 radical (unpaired) electrons. The topological polar surface area (TPSA) is 204 Å². The number of carboxylic acid groups (broad SMARTS) is 1. The molecule has 0 amide bonds. The molecule has 14 heteroatoms. The van der Waals surface area contributed by atoms with E-state index >= 15 is 0 Å². The minimum atomic E-state index is -4.91. The minimum absolute atomic E-state index is 0.311. The maximum Gasteiger partial charge on any atom is 0.351 e. The molecule has 0 spiro atoms. The number of halogens is 1. The maximum atomic E-state index is 11.0. The van der Waals surface area contributed by atoms with Crippen molar-refractivity contribution in [1.29, 1.82) is 0 Å². The summed E-state index contributed by atoms with van der Waals surface area (Å²) in [6.07, 6.45) is 2.16. The molecular weight excluding hydrogens is 442 g/mol. The highest BCUT2D eigenvalue weighted by atomic mass is 35.5. The van der Waals surface area contributed by atoms with E-state index in [1.165, 1.54) is 24.3 Å². The van der Waals surface area contributed by atoms with E-state index in [1.807, 2.05) is 0 Å². The monoisotopic (exact) mass is 464 g/mol. The Balaban J connectivity index is 0.000000580. The van der Waals surface area contributed by atoms with Gasteiger partial charge in [0.2, 0.25) is 4.73 Å². The average Bonchev–Trinajstić information content (AvgIpc) is 2.52. The summed E-state index contributed by atoms with van der Waals surface area (Å²) in [5, 5.41) is 8.74. The van der Waals surface area contributed by atoms with Crippen molar-refractivity contribution in [1.82, 2.24) is 0 Å². The molecule has 0 saturated heterocycles. The summed E-state index contributed by atoms with van der Waals surface area (Å²) in [7, 11) is -9.82. The van der Waals surface area contributed by atoms with Crippen LogP contribution in [0.1, 0.15) is 19.3 Å². The summed E-state index contributed by atoms with van der Waals surface area (Å²) in [5.41, 5.74) is 10.4. The van der Waals surface area contributed by atoms with Gasteiger partial charge in [0, 0.05) is 9.92 Å². The Morgan fingerprint density at radius 2 is 1.56 bits per heavy atom. The van der Waals surface area contributed by atoms with E-state index in [1.54, 1.807) is 0 Å². The summed E-state index contributed by atoms with van der Waals surface area (Å²) < 4.78 is 19.9. The van der Waals surface area contributed by atoms with Gasteiger partial charge in [0.05, 0.1) is 0 Å². The molecule has 1 aromatic rings. The van der Waals surface area contributed by atoms with Crippen molar-refractivity contribution in [2.75, 3.05) is 6.54 Å². The number of carbonyl (C=O) groups is 1. The van der Waals surface area contributed by atoms with Gasteiger partial charge in [-0.25, -0.2) is 0 Å². The zero-order valence-corrected chi connectivity index (χ0v) is 17.4. The fourth-order valence-electron chi connectivity index (χ4n) is 1.60. The normalized spacial score (nSPS) is 13.0. The molecule has 1 aromatic carbocycles. The summed E-state index contributed by atoms with van der Waals surface area (Å²) in [5.74, 6) is -0.933. The molecule has 0 aromatic heterocycles. The number of unbranched alkanes of at least 4 members (excludes halogenated alkanes) is 1. The molecule has 156 valence electrons. The molecule has 0 fully saturated rings. The standard InChI is InChI=1S/C7H9ClO6P2S.C6H14N2O2/c8-5-1-3-6(4-2-5)17-7(15(9,10)11)16(12,13)14;7-4-2-1-3-5(8)6(9)10/h1-4,7H,(H2,9,10,11)(H2,12,13,14);5H,1-4,7-8H2,(H,9,10). The van der Waals surface area contributed by atoms with E-state index in [4.69, 9.17) is 47.7 Å². The largest absolute Gasteiger partial charge is 0.480 e. The van der Waals surface area contributed by atoms with E-state index < -0.39 is 31.9 Å². The van der Waals surface area contributed by atoms with Crippen LogP contribution >= 0.6 is 38.6 Å². The molecule has 10 nitrogen and oxygen atoms in total. The minimum Gasteiger partial charge on any atom is -0.480 e. The second-order valence-corrected chi connectivity index (χ2v) is 11.4. The maximum absolute atomic E-state index is 11.0. The van der Waals surface area contributed by atoms with Gasteiger partial charge in [-0.3, -0.25) is 13.9 Å². The number of nitrogens with two attached hydrogens (primary N) is 2. The van der Waals surface area contributed by atoms with Gasteiger partial charge in [-0.05, 0) is 43.7 Å². The van der Waals surface area contributed by atoms with Crippen molar-refractivity contribution in [3.05, 3.63) is 29.3 Å². The smallest absolute Gasteiger partial charge is 0.351 e. The Kier molecular flexibility index (Phi) is 12.0. The predicted octanol–water partition coefficient (Wildman–Crippen LogP) is 1.60. The van der Waals surface area contributed by atoms with E-state index in [9.17, 15) is 13.9 Å². The average molecular weight is 465 g/mol. The molecule has 9 N–H and O–H groups in total. The zero-order chi connectivity index (χ0) is 21.3. The SMILES string of the molecule is NCCCCC(N)C(=O)O.O=P(O)(O)C(Sc1ccc(Cl)cc1)P(=O)(O)O. The quantitative estimate of drug-likeness (QED) is 0.159. The molecule has 1 unspecified atom stereocenters. The summed E-state index contributed by atoms with van der Waals surface area (Å²) in [4.78, 5) is 46.1. The van der Waals surface area contributed by atoms with Crippen molar-refractivity contribution < 1.29 is 38.6 Å². The first-order chi connectivity index (χ1) is 12.3. The molecule has 1 rings (SSSR count). The van der Waals surface area contributed by atoms with Crippen molar-refractivity contribution in [2.24, 2.45) is 11.5 Å². The van der Waals surface area contributed by atoms with Crippen LogP contribution in [0.5, 0.6) is 0 Å². The highest BCUT2D eigenvalue weighted by Crippen LogP contribution is 2.65. The molecule has 0 bridgehead atoms. The Morgan fingerprint density at radius 3 is 1.93 bits per heavy atom. The van der Waals surface area contributed by atoms with Gasteiger partial charge < -0.3 is 36.1 Å². The molecule has 1 atom stereocenters. The molecule has 0 aliphatic rings. The van der Waals surface area contributed by atoms with E-state index in [2.05, 4.69) is 0 Å². The highest BCUT2D eigenvalue weighted by Gasteiger charge is 2.44. The molecule has 0 saturated carbocycles. The Hall–Kier alpha value is -0.450. The molecule has 27 heavy (non-hydrogen) atoms. The van der Waals surface area contributed by atoms with Crippen molar-refractivity contribution in [3.8, 4) is 0 Å². The first kappa shape index (κ1) is 26.6. The van der Waals surface area contributed by atoms with Gasteiger partial charge >= 0.3 is 21.2 Å². The lowest BCUT2D eigenvalue weighted by Crippen LogP contribution is -2.29. The second kappa shape index (κ2) is 12.2. The summed E-state index contributed by atoms with van der Waals surface area (Å²) in [6.45, 7) is 0.604. The summed E-state index contributed by atoms with van der Waals surface area (Å²) in [6, 6.07) is 5.04. The van der Waals surface area contributed by atoms with Gasteiger partial charge in [0.25, 0.3) is 0 Å². The number of hydrogen-bond donors (Lipinski definition) is 7. The summed E-state index contributed by atoms with van der Waals surface area (Å²) >= 11 is 6.04. The zero-order valence-electron chi connectivity index (χ0n) is 14.1. The Bertz CT molecular complexity index is 659. The van der Waals surface area contributed by atoms with E-state index in [-0.39, 0.29) is 0 Å². The van der Waals surface area contributed by atoms with E-state index in [0.717, 1.165) is 12.8 Å². The van der Waals surface area contributed by atoms with Crippen LogP contribution in [0, 0.1) is 0 Å². The number of aliphatic carboxylic acids is 1. The fraction of sp³-hybridized carbons (Fsp3) is 0.462. The van der Waals surface area contributed by atoms with Crippen LogP contribution in [0.15, 0.2) is 29.2 Å². The van der Waals surface area contributed by atoms with Gasteiger partial charge in [0.15, 0.2) is 0 Å². The van der Waals surface area contributed by atoms with Crippen LogP contribution in [0.2, 0.25) is 5.02 Å². The molecule has 0 aliphatic heterocycles. The number of carboxylic acids is 1. The van der Waals surface area contributed by atoms with Gasteiger partial charge in [-0.1, -0.05) is 29.8 Å². The lowest BCUT2D eigenvalue weighted by Gasteiger charge is -2.18. The van der Waals surface area contributed by atoms with Crippen LogP contribution in [-0.2, 0) is 13.9 Å². The third-order valence-electron chi connectivity index (χ3n) is 2.92. The third-order valence-corrected chi connectivity index (χ3v) is 9.16. The van der Waals surface area contributed by atoms with Crippen LogP contribution in [-0.4, -0.2) is 48.0 Å². The molecule has 0 heterocycles. The fourth-order valence-corrected chi connectivity index (χ4v) is 5.66. The lowest BCUT2D eigenvalue weighted by atomic mass is 10.1.